The molecule has 0 saturated heterocycles. The fourth-order valence-electron chi connectivity index (χ4n) is 0.789. The van der Waals surface area contributed by atoms with Crippen molar-refractivity contribution in [1.29, 1.82) is 0 Å². The molecule has 2 nitrogen and oxygen atoms in total. The summed E-state index contributed by atoms with van der Waals surface area (Å²) in [6.45, 7) is 0. The normalized spacial score (nSPS) is 9.64. The Hall–Kier alpha value is -1.30. The van der Waals surface area contributed by atoms with Gasteiger partial charge in [0.15, 0.2) is 6.29 Å². The second-order valence-electron chi connectivity index (χ2n) is 2.14. The van der Waals surface area contributed by atoms with Crippen LogP contribution < -0.4 is 0 Å². The zero-order valence-electron chi connectivity index (χ0n) is 5.86. The van der Waals surface area contributed by atoms with Crippen molar-refractivity contribution in [3.63, 3.8) is 0 Å². The Kier molecular flexibility index (Phi) is 2.27. The topological polar surface area (TPSA) is 40.5 Å². The quantitative estimate of drug-likeness (QED) is 0.453. The number of hydrogen-bond acceptors (Lipinski definition) is 2. The molecule has 1 rings (SSSR count). The Morgan fingerprint density at radius 1 is 1.36 bits per heavy atom. The third kappa shape index (κ3) is 1.81. The smallest absolute Gasteiger partial charge is 0.178 e. The lowest BCUT2D eigenvalue weighted by molar-refractivity contribution is -0.0424. The van der Waals surface area contributed by atoms with Crippen molar-refractivity contribution in [2.75, 3.05) is 0 Å². The molecule has 0 radical (unpaired) electrons. The lowest BCUT2D eigenvalue weighted by Gasteiger charge is -2.02. The largest absolute Gasteiger partial charge is 0.364 e. The Bertz CT molecular complexity index is 284. The van der Waals surface area contributed by atoms with Crippen LogP contribution in [0.2, 0.25) is 0 Å². The first-order valence-electron chi connectivity index (χ1n) is 3.17. The summed E-state index contributed by atoms with van der Waals surface area (Å²) < 4.78 is 0. The van der Waals surface area contributed by atoms with Gasteiger partial charge in [-0.3, -0.25) is 0 Å². The highest BCUT2D eigenvalue weighted by Gasteiger charge is 2.00. The fraction of sp³-hybridized carbons (Fsp3) is 0.111. The first-order valence-corrected chi connectivity index (χ1v) is 3.17. The van der Waals surface area contributed by atoms with Gasteiger partial charge in [0.05, 0.1) is 0 Å². The minimum atomic E-state index is -1.44. The van der Waals surface area contributed by atoms with E-state index in [1.54, 1.807) is 24.3 Å². The zero-order valence-corrected chi connectivity index (χ0v) is 5.86. The number of terminal acetylenes is 1. The number of benzene rings is 1. The molecule has 0 unspecified atom stereocenters. The molecule has 2 heteroatoms. The predicted molar refractivity (Wildman–Crippen MR) is 41.6 cm³/mol. The third-order valence-corrected chi connectivity index (χ3v) is 1.35. The van der Waals surface area contributed by atoms with Crippen molar-refractivity contribution in [3.05, 3.63) is 35.4 Å². The molecule has 1 aromatic carbocycles. The van der Waals surface area contributed by atoms with Gasteiger partial charge in [-0.2, -0.15) is 0 Å². The predicted octanol–water partition coefficient (Wildman–Crippen LogP) is 0.651. The van der Waals surface area contributed by atoms with E-state index in [-0.39, 0.29) is 0 Å². The van der Waals surface area contributed by atoms with E-state index in [4.69, 9.17) is 16.6 Å². The second-order valence-corrected chi connectivity index (χ2v) is 2.14. The standard InChI is InChI=1S/C9H8O2/c1-2-7-4-3-5-8(6-7)9(10)11/h1,3-6,9-11H. The molecule has 0 spiro atoms. The van der Waals surface area contributed by atoms with Gasteiger partial charge < -0.3 is 10.2 Å². The van der Waals surface area contributed by atoms with E-state index in [1.807, 2.05) is 0 Å². The van der Waals surface area contributed by atoms with Crippen LogP contribution in [0, 0.1) is 12.3 Å². The maximum absolute atomic E-state index is 8.73. The van der Waals surface area contributed by atoms with Crippen molar-refractivity contribution in [2.24, 2.45) is 0 Å². The lowest BCUT2D eigenvalue weighted by Crippen LogP contribution is -1.94. The SMILES string of the molecule is C#Cc1cccc(C(O)O)c1. The Morgan fingerprint density at radius 2 is 2.09 bits per heavy atom. The van der Waals surface area contributed by atoms with Crippen molar-refractivity contribution in [2.45, 2.75) is 6.29 Å². The molecule has 0 amide bonds. The van der Waals surface area contributed by atoms with Gasteiger partial charge in [0, 0.05) is 11.1 Å². The molecule has 0 fully saturated rings. The molecule has 0 bridgehead atoms. The van der Waals surface area contributed by atoms with Gasteiger partial charge in [-0.25, -0.2) is 0 Å². The van der Waals surface area contributed by atoms with Gasteiger partial charge in [-0.1, -0.05) is 18.1 Å². The van der Waals surface area contributed by atoms with Gasteiger partial charge in [-0.05, 0) is 12.1 Å². The van der Waals surface area contributed by atoms with Gasteiger partial charge in [-0.15, -0.1) is 6.42 Å². The molecule has 0 heterocycles. The van der Waals surface area contributed by atoms with Crippen LogP contribution in [0.25, 0.3) is 0 Å². The van der Waals surface area contributed by atoms with Crippen LogP contribution >= 0.6 is 0 Å². The lowest BCUT2D eigenvalue weighted by atomic mass is 10.1. The highest BCUT2D eigenvalue weighted by Crippen LogP contribution is 2.10. The van der Waals surface area contributed by atoms with Crippen LogP contribution in [0.5, 0.6) is 0 Å². The molecule has 0 aromatic heterocycles. The number of aliphatic hydroxyl groups excluding tert-OH is 1. The van der Waals surface area contributed by atoms with Crippen molar-refractivity contribution < 1.29 is 10.2 Å². The molecular weight excluding hydrogens is 140 g/mol. The molecule has 0 aliphatic carbocycles. The van der Waals surface area contributed by atoms with E-state index in [0.717, 1.165) is 0 Å². The first kappa shape index (κ1) is 7.80. The van der Waals surface area contributed by atoms with Gasteiger partial charge in [0.25, 0.3) is 0 Å². The Balaban J connectivity index is 3.03. The summed E-state index contributed by atoms with van der Waals surface area (Å²) >= 11 is 0. The third-order valence-electron chi connectivity index (χ3n) is 1.35. The number of aliphatic hydroxyl groups is 2. The van der Waals surface area contributed by atoms with Gasteiger partial charge in [0.2, 0.25) is 0 Å². The van der Waals surface area contributed by atoms with Crippen molar-refractivity contribution in [1.82, 2.24) is 0 Å². The van der Waals surface area contributed by atoms with Gasteiger partial charge in [0.1, 0.15) is 0 Å². The van der Waals surface area contributed by atoms with E-state index in [9.17, 15) is 0 Å². The molecule has 0 aliphatic rings. The van der Waals surface area contributed by atoms with Crippen molar-refractivity contribution in [3.8, 4) is 12.3 Å². The van der Waals surface area contributed by atoms with E-state index < -0.39 is 6.29 Å². The number of hydrogen-bond donors (Lipinski definition) is 2. The molecule has 11 heavy (non-hydrogen) atoms. The molecule has 0 atom stereocenters. The summed E-state index contributed by atoms with van der Waals surface area (Å²) in [7, 11) is 0. The summed E-state index contributed by atoms with van der Waals surface area (Å²) in [5.41, 5.74) is 1.07. The van der Waals surface area contributed by atoms with Crippen LogP contribution in [-0.4, -0.2) is 10.2 Å². The summed E-state index contributed by atoms with van der Waals surface area (Å²) in [4.78, 5) is 0. The van der Waals surface area contributed by atoms with Gasteiger partial charge >= 0.3 is 0 Å². The molecule has 0 saturated carbocycles. The summed E-state index contributed by atoms with van der Waals surface area (Å²) in [6.07, 6.45) is 3.66. The van der Waals surface area contributed by atoms with Crippen LogP contribution in [0.3, 0.4) is 0 Å². The molecule has 0 aliphatic heterocycles. The minimum Gasteiger partial charge on any atom is -0.364 e. The molecule has 56 valence electrons. The summed E-state index contributed by atoms with van der Waals surface area (Å²) in [5.74, 6) is 2.40. The summed E-state index contributed by atoms with van der Waals surface area (Å²) in [5, 5.41) is 17.5. The van der Waals surface area contributed by atoms with Crippen LogP contribution in [0.1, 0.15) is 17.4 Å². The van der Waals surface area contributed by atoms with E-state index >= 15 is 0 Å². The average Bonchev–Trinajstić information content (AvgIpc) is 2.05. The van der Waals surface area contributed by atoms with Crippen LogP contribution in [0.15, 0.2) is 24.3 Å². The number of rotatable bonds is 1. The highest BCUT2D eigenvalue weighted by molar-refractivity contribution is 5.35. The zero-order chi connectivity index (χ0) is 8.27. The molecule has 2 N–H and O–H groups in total. The summed E-state index contributed by atoms with van der Waals surface area (Å²) in [6, 6.07) is 6.58. The van der Waals surface area contributed by atoms with Crippen LogP contribution in [-0.2, 0) is 0 Å². The molecular formula is C9H8O2. The van der Waals surface area contributed by atoms with E-state index in [2.05, 4.69) is 5.92 Å². The fourth-order valence-corrected chi connectivity index (χ4v) is 0.789. The van der Waals surface area contributed by atoms with E-state index in [1.165, 1.54) is 0 Å². The van der Waals surface area contributed by atoms with Crippen LogP contribution in [0.4, 0.5) is 0 Å². The second kappa shape index (κ2) is 3.20. The van der Waals surface area contributed by atoms with E-state index in [0.29, 0.717) is 11.1 Å². The first-order chi connectivity index (χ1) is 5.24. The molecule has 1 aromatic rings. The minimum absolute atomic E-state index is 0.417. The maximum Gasteiger partial charge on any atom is 0.178 e. The highest BCUT2D eigenvalue weighted by atomic mass is 16.5. The monoisotopic (exact) mass is 148 g/mol. The Labute approximate surface area is 65.1 Å². The average molecular weight is 148 g/mol. The van der Waals surface area contributed by atoms with Crippen molar-refractivity contribution >= 4 is 0 Å². The Morgan fingerprint density at radius 3 is 2.64 bits per heavy atom. The maximum atomic E-state index is 8.73.